The van der Waals surface area contributed by atoms with Crippen LogP contribution < -0.4 is 10.2 Å². The average Bonchev–Trinajstić information content (AvgIpc) is 2.23. The SMILES string of the molecule is COc1ccc2[nH]cc(I)c(=O)c2n1. The molecule has 0 fully saturated rings. The van der Waals surface area contributed by atoms with Crippen LogP contribution in [0.1, 0.15) is 0 Å². The van der Waals surface area contributed by atoms with E-state index in [4.69, 9.17) is 4.74 Å². The van der Waals surface area contributed by atoms with E-state index in [0.717, 1.165) is 5.52 Å². The summed E-state index contributed by atoms with van der Waals surface area (Å²) in [6, 6.07) is 3.49. The van der Waals surface area contributed by atoms with Crippen molar-refractivity contribution in [1.82, 2.24) is 9.97 Å². The monoisotopic (exact) mass is 302 g/mol. The minimum absolute atomic E-state index is 0.0711. The van der Waals surface area contributed by atoms with Crippen LogP contribution in [-0.4, -0.2) is 17.1 Å². The predicted molar refractivity (Wildman–Crippen MR) is 61.6 cm³/mol. The second-order valence-corrected chi connectivity index (χ2v) is 3.88. The van der Waals surface area contributed by atoms with Crippen molar-refractivity contribution in [1.29, 1.82) is 0 Å². The van der Waals surface area contributed by atoms with Gasteiger partial charge in [0, 0.05) is 12.3 Å². The molecule has 0 saturated carbocycles. The van der Waals surface area contributed by atoms with E-state index in [-0.39, 0.29) is 5.43 Å². The zero-order valence-corrected chi connectivity index (χ0v) is 9.53. The third kappa shape index (κ3) is 1.47. The molecule has 2 rings (SSSR count). The van der Waals surface area contributed by atoms with Crippen molar-refractivity contribution in [2.45, 2.75) is 0 Å². The normalized spacial score (nSPS) is 10.4. The number of rotatable bonds is 1. The highest BCUT2D eigenvalue weighted by molar-refractivity contribution is 14.1. The van der Waals surface area contributed by atoms with Crippen LogP contribution in [0, 0.1) is 3.57 Å². The van der Waals surface area contributed by atoms with Crippen molar-refractivity contribution >= 4 is 33.6 Å². The van der Waals surface area contributed by atoms with Crippen molar-refractivity contribution < 1.29 is 4.74 Å². The molecule has 0 aliphatic heterocycles. The topological polar surface area (TPSA) is 55.0 Å². The molecular formula is C9H7IN2O2. The van der Waals surface area contributed by atoms with Gasteiger partial charge in [-0.3, -0.25) is 4.79 Å². The van der Waals surface area contributed by atoms with Gasteiger partial charge in [-0.15, -0.1) is 0 Å². The molecule has 72 valence electrons. The van der Waals surface area contributed by atoms with Crippen LogP contribution in [0.25, 0.3) is 11.0 Å². The molecule has 0 aliphatic rings. The number of ether oxygens (including phenoxy) is 1. The summed E-state index contributed by atoms with van der Waals surface area (Å²) in [6.45, 7) is 0. The van der Waals surface area contributed by atoms with Crippen LogP contribution in [-0.2, 0) is 0 Å². The maximum atomic E-state index is 11.7. The van der Waals surface area contributed by atoms with Gasteiger partial charge in [0.2, 0.25) is 11.3 Å². The van der Waals surface area contributed by atoms with Crippen LogP contribution in [0.5, 0.6) is 5.88 Å². The Morgan fingerprint density at radius 2 is 2.29 bits per heavy atom. The molecule has 0 aromatic carbocycles. The third-order valence-electron chi connectivity index (χ3n) is 1.87. The number of nitrogens with zero attached hydrogens (tertiary/aromatic N) is 1. The molecule has 0 aliphatic carbocycles. The Morgan fingerprint density at radius 3 is 3.00 bits per heavy atom. The van der Waals surface area contributed by atoms with Gasteiger partial charge < -0.3 is 9.72 Å². The summed E-state index contributed by atoms with van der Waals surface area (Å²) >= 11 is 1.97. The van der Waals surface area contributed by atoms with Gasteiger partial charge in [-0.05, 0) is 28.7 Å². The predicted octanol–water partition coefficient (Wildman–Crippen LogP) is 1.54. The Balaban J connectivity index is 2.85. The van der Waals surface area contributed by atoms with E-state index >= 15 is 0 Å². The number of hydrogen-bond donors (Lipinski definition) is 1. The Bertz CT molecular complexity index is 536. The average molecular weight is 302 g/mol. The van der Waals surface area contributed by atoms with Crippen molar-refractivity contribution in [2.24, 2.45) is 0 Å². The summed E-state index contributed by atoms with van der Waals surface area (Å²) < 4.78 is 5.57. The second-order valence-electron chi connectivity index (χ2n) is 2.72. The van der Waals surface area contributed by atoms with E-state index in [1.54, 1.807) is 18.3 Å². The third-order valence-corrected chi connectivity index (χ3v) is 2.67. The van der Waals surface area contributed by atoms with E-state index in [1.807, 2.05) is 22.6 Å². The summed E-state index contributed by atoms with van der Waals surface area (Å²) in [5, 5.41) is 0. The van der Waals surface area contributed by atoms with Gasteiger partial charge in [-0.1, -0.05) is 0 Å². The minimum atomic E-state index is -0.0711. The van der Waals surface area contributed by atoms with E-state index in [9.17, 15) is 4.79 Å². The van der Waals surface area contributed by atoms with E-state index in [2.05, 4.69) is 9.97 Å². The van der Waals surface area contributed by atoms with Crippen LogP contribution in [0.4, 0.5) is 0 Å². The molecule has 0 atom stereocenters. The summed E-state index contributed by atoms with van der Waals surface area (Å²) in [6.07, 6.45) is 1.67. The molecule has 2 aromatic rings. The molecule has 5 heteroatoms. The number of nitrogens with one attached hydrogen (secondary N) is 1. The molecule has 0 bridgehead atoms. The fraction of sp³-hybridized carbons (Fsp3) is 0.111. The van der Waals surface area contributed by atoms with E-state index in [0.29, 0.717) is 15.0 Å². The summed E-state index contributed by atoms with van der Waals surface area (Å²) in [4.78, 5) is 18.7. The molecule has 0 unspecified atom stereocenters. The number of hydrogen-bond acceptors (Lipinski definition) is 3. The Kier molecular flexibility index (Phi) is 2.40. The zero-order chi connectivity index (χ0) is 10.1. The first-order valence-corrected chi connectivity index (χ1v) is 5.02. The lowest BCUT2D eigenvalue weighted by molar-refractivity contribution is 0.399. The molecule has 0 radical (unpaired) electrons. The van der Waals surface area contributed by atoms with Gasteiger partial charge >= 0.3 is 0 Å². The smallest absolute Gasteiger partial charge is 0.221 e. The fourth-order valence-corrected chi connectivity index (χ4v) is 1.58. The van der Waals surface area contributed by atoms with E-state index < -0.39 is 0 Å². The quantitative estimate of drug-likeness (QED) is 0.813. The van der Waals surface area contributed by atoms with E-state index in [1.165, 1.54) is 7.11 Å². The number of methoxy groups -OCH3 is 1. The van der Waals surface area contributed by atoms with Crippen molar-refractivity contribution in [3.63, 3.8) is 0 Å². The van der Waals surface area contributed by atoms with Crippen LogP contribution in [0.15, 0.2) is 23.1 Å². The number of pyridine rings is 2. The molecule has 0 saturated heterocycles. The van der Waals surface area contributed by atoms with Gasteiger partial charge in [0.05, 0.1) is 16.2 Å². The van der Waals surface area contributed by atoms with Crippen molar-refractivity contribution in [2.75, 3.05) is 7.11 Å². The first kappa shape index (κ1) is 9.45. The Hall–Kier alpha value is -1.11. The molecule has 0 spiro atoms. The molecule has 4 nitrogen and oxygen atoms in total. The largest absolute Gasteiger partial charge is 0.481 e. The molecular weight excluding hydrogens is 295 g/mol. The molecule has 2 heterocycles. The lowest BCUT2D eigenvalue weighted by Gasteiger charge is -2.00. The van der Waals surface area contributed by atoms with Crippen molar-refractivity contribution in [3.8, 4) is 5.88 Å². The molecule has 14 heavy (non-hydrogen) atoms. The van der Waals surface area contributed by atoms with Gasteiger partial charge in [-0.25, -0.2) is 4.98 Å². The zero-order valence-electron chi connectivity index (χ0n) is 7.37. The number of halogens is 1. The number of aromatic nitrogens is 2. The highest BCUT2D eigenvalue weighted by Crippen LogP contribution is 2.12. The molecule has 2 aromatic heterocycles. The van der Waals surface area contributed by atoms with Gasteiger partial charge in [0.15, 0.2) is 0 Å². The first-order valence-electron chi connectivity index (χ1n) is 3.94. The maximum absolute atomic E-state index is 11.7. The summed E-state index contributed by atoms with van der Waals surface area (Å²) in [5.74, 6) is 0.449. The molecule has 0 amide bonds. The molecule has 1 N–H and O–H groups in total. The number of H-pyrrole nitrogens is 1. The highest BCUT2D eigenvalue weighted by atomic mass is 127. The minimum Gasteiger partial charge on any atom is -0.481 e. The maximum Gasteiger partial charge on any atom is 0.221 e. The van der Waals surface area contributed by atoms with Crippen molar-refractivity contribution in [3.05, 3.63) is 32.1 Å². The summed E-state index contributed by atoms with van der Waals surface area (Å²) in [5.41, 5.74) is 1.06. The number of aromatic amines is 1. The van der Waals surface area contributed by atoms with Gasteiger partial charge in [0.1, 0.15) is 5.52 Å². The van der Waals surface area contributed by atoms with Crippen LogP contribution >= 0.6 is 22.6 Å². The fourth-order valence-electron chi connectivity index (χ4n) is 1.16. The van der Waals surface area contributed by atoms with Crippen LogP contribution in [0.3, 0.4) is 0 Å². The number of fused-ring (bicyclic) bond motifs is 1. The first-order chi connectivity index (χ1) is 6.72. The van der Waals surface area contributed by atoms with Crippen LogP contribution in [0.2, 0.25) is 0 Å². The standard InChI is InChI=1S/C9H7IN2O2/c1-14-7-3-2-6-8(12-7)9(13)5(10)4-11-6/h2-4H,1H3,(H,11,13). The highest BCUT2D eigenvalue weighted by Gasteiger charge is 2.04. The summed E-state index contributed by atoms with van der Waals surface area (Å²) in [7, 11) is 1.52. The Morgan fingerprint density at radius 1 is 1.50 bits per heavy atom. The Labute approximate surface area is 93.5 Å². The van der Waals surface area contributed by atoms with Gasteiger partial charge in [0.25, 0.3) is 0 Å². The second kappa shape index (κ2) is 3.56. The van der Waals surface area contributed by atoms with Gasteiger partial charge in [-0.2, -0.15) is 0 Å². The lowest BCUT2D eigenvalue weighted by atomic mass is 10.3. The lowest BCUT2D eigenvalue weighted by Crippen LogP contribution is -2.08.